The van der Waals surface area contributed by atoms with E-state index in [2.05, 4.69) is 226 Å². The molecule has 312 valence electrons. The molecule has 0 radical (unpaired) electrons. The fourth-order valence-corrected chi connectivity index (χ4v) is 11.2. The van der Waals surface area contributed by atoms with Crippen LogP contribution in [0.2, 0.25) is 0 Å². The van der Waals surface area contributed by atoms with Crippen molar-refractivity contribution in [1.29, 1.82) is 0 Å². The zero-order chi connectivity index (χ0) is 43.7. The number of aromatic nitrogens is 2. The quantitative estimate of drug-likeness (QED) is 0.162. The topological polar surface area (TPSA) is 44.7 Å². The van der Waals surface area contributed by atoms with E-state index in [-0.39, 0.29) is 6.71 Å². The maximum absolute atomic E-state index is 7.36. The molecular weight excluding hydrogens is 821 g/mol. The van der Waals surface area contributed by atoms with E-state index in [0.717, 1.165) is 112 Å². The molecule has 13 aromatic rings. The minimum atomic E-state index is -0.282. The second-order valence-corrected chi connectivity index (χ2v) is 17.6. The molecule has 3 aromatic heterocycles. The predicted molar refractivity (Wildman–Crippen MR) is 275 cm³/mol. The largest absolute Gasteiger partial charge is 0.458 e. The van der Waals surface area contributed by atoms with Gasteiger partial charge in [0.15, 0.2) is 0 Å². The number of nitrogens with zero attached hydrogens (tertiary/aromatic N) is 3. The first-order chi connectivity index (χ1) is 33.2. The van der Waals surface area contributed by atoms with Gasteiger partial charge in [0.1, 0.15) is 34.2 Å². The number of para-hydroxylation sites is 7. The lowest BCUT2D eigenvalue weighted by atomic mass is 9.34. The lowest BCUT2D eigenvalue weighted by Gasteiger charge is -2.35. The van der Waals surface area contributed by atoms with Gasteiger partial charge >= 0.3 is 0 Å². The van der Waals surface area contributed by atoms with Crippen LogP contribution in [0, 0.1) is 0 Å². The van der Waals surface area contributed by atoms with E-state index in [4.69, 9.17) is 13.9 Å². The van der Waals surface area contributed by atoms with Crippen molar-refractivity contribution in [3.8, 4) is 34.4 Å². The lowest BCUT2D eigenvalue weighted by Crippen LogP contribution is -2.57. The van der Waals surface area contributed by atoms with Crippen LogP contribution in [0.3, 0.4) is 0 Å². The molecule has 0 bridgehead atoms. The molecule has 0 spiro atoms. The van der Waals surface area contributed by atoms with Crippen LogP contribution < -0.4 is 30.8 Å². The third-order valence-corrected chi connectivity index (χ3v) is 14.0. The van der Waals surface area contributed by atoms with Gasteiger partial charge in [-0.15, -0.1) is 0 Å². The highest BCUT2D eigenvalue weighted by Gasteiger charge is 2.44. The SMILES string of the molecule is c1ccc(N(c2ccccc2)c2cc3c4c(c2)Oc2cc(-n5c6ccccc6c6ccccc65)c5c(oc6ccccc65)c2B4c2ccc(-n4c5ccccc5c5ccccc54)cc2O3)cc1. The monoisotopic (exact) mass is 857 g/mol. The van der Waals surface area contributed by atoms with Crippen molar-refractivity contribution in [3.05, 3.63) is 218 Å². The second-order valence-electron chi connectivity index (χ2n) is 17.6. The smallest absolute Gasteiger partial charge is 0.265 e. The van der Waals surface area contributed by atoms with Crippen molar-refractivity contribution < 1.29 is 13.9 Å². The number of benzene rings is 10. The fraction of sp³-hybridized carbons (Fsp3) is 0. The van der Waals surface area contributed by atoms with Gasteiger partial charge in [0.25, 0.3) is 6.71 Å². The summed E-state index contributed by atoms with van der Waals surface area (Å²) in [5, 5.41) is 6.90. The molecule has 2 aliphatic heterocycles. The molecule has 0 aliphatic carbocycles. The van der Waals surface area contributed by atoms with Gasteiger partial charge < -0.3 is 27.9 Å². The highest BCUT2D eigenvalue weighted by molar-refractivity contribution is 6.99. The van der Waals surface area contributed by atoms with Gasteiger partial charge in [-0.25, -0.2) is 0 Å². The van der Waals surface area contributed by atoms with Crippen LogP contribution in [-0.4, -0.2) is 15.8 Å². The third kappa shape index (κ3) is 5.16. The van der Waals surface area contributed by atoms with Crippen molar-refractivity contribution in [2.75, 3.05) is 4.90 Å². The third-order valence-electron chi connectivity index (χ3n) is 14.0. The van der Waals surface area contributed by atoms with E-state index in [1.165, 1.54) is 21.5 Å². The summed E-state index contributed by atoms with van der Waals surface area (Å²) in [5.74, 6) is 3.01. The number of furan rings is 1. The number of rotatable bonds is 5. The Bertz CT molecular complexity index is 4030. The first-order valence-corrected chi connectivity index (χ1v) is 22.8. The van der Waals surface area contributed by atoms with Gasteiger partial charge in [0, 0.05) is 79.2 Å². The normalized spacial score (nSPS) is 12.7. The van der Waals surface area contributed by atoms with E-state index >= 15 is 0 Å². The molecule has 0 atom stereocenters. The highest BCUT2D eigenvalue weighted by Crippen LogP contribution is 2.47. The van der Waals surface area contributed by atoms with Gasteiger partial charge in [-0.05, 0) is 66.1 Å². The average molecular weight is 858 g/mol. The molecule has 0 unspecified atom stereocenters. The summed E-state index contributed by atoms with van der Waals surface area (Å²) in [5.41, 5.74) is 14.1. The van der Waals surface area contributed by atoms with Crippen molar-refractivity contribution >= 4 is 106 Å². The Labute approximate surface area is 384 Å². The molecule has 2 aliphatic rings. The Morgan fingerprint density at radius 3 is 1.43 bits per heavy atom. The van der Waals surface area contributed by atoms with Crippen LogP contribution in [-0.2, 0) is 0 Å². The van der Waals surface area contributed by atoms with E-state index in [1.54, 1.807) is 0 Å². The Morgan fingerprint density at radius 1 is 0.373 bits per heavy atom. The van der Waals surface area contributed by atoms with Gasteiger partial charge in [0.05, 0.1) is 38.8 Å². The Hall–Kier alpha value is -8.94. The molecule has 6 nitrogen and oxygen atoms in total. The molecule has 0 saturated carbocycles. The number of anilines is 3. The van der Waals surface area contributed by atoms with Crippen LogP contribution in [0.4, 0.5) is 17.1 Å². The Kier molecular flexibility index (Phi) is 7.49. The average Bonchev–Trinajstić information content (AvgIpc) is 4.05. The van der Waals surface area contributed by atoms with Gasteiger partial charge in [-0.1, -0.05) is 133 Å². The molecule has 67 heavy (non-hydrogen) atoms. The summed E-state index contributed by atoms with van der Waals surface area (Å²) in [7, 11) is 0. The molecule has 0 saturated heterocycles. The van der Waals surface area contributed by atoms with E-state index in [9.17, 15) is 0 Å². The standard InChI is InChI=1S/C60H36BN3O3/c1-3-17-37(18-4-1)62(38-19-5-2-6-20-38)40-34-54-58-55(35-40)66-56-36-51(64-49-28-14-9-23-43(49)44-24-10-15-29-50(44)64)57-45-25-11-16-30-52(45)67-60(57)59(56)61(58)46-32-31-39(33-53(46)65-54)63-47-26-12-7-21-41(47)42-22-8-13-27-48(42)63/h1-36H. The van der Waals surface area contributed by atoms with Crippen LogP contribution in [0.5, 0.6) is 23.0 Å². The maximum atomic E-state index is 7.36. The molecule has 5 heterocycles. The summed E-state index contributed by atoms with van der Waals surface area (Å²) >= 11 is 0. The van der Waals surface area contributed by atoms with E-state index in [1.807, 2.05) is 6.07 Å². The van der Waals surface area contributed by atoms with Crippen LogP contribution in [0.1, 0.15) is 0 Å². The fourth-order valence-electron chi connectivity index (χ4n) is 11.2. The highest BCUT2D eigenvalue weighted by atomic mass is 16.5. The number of hydrogen-bond donors (Lipinski definition) is 0. The molecule has 10 aromatic carbocycles. The molecule has 0 N–H and O–H groups in total. The van der Waals surface area contributed by atoms with Crippen molar-refractivity contribution in [1.82, 2.24) is 9.13 Å². The minimum absolute atomic E-state index is 0.282. The van der Waals surface area contributed by atoms with Crippen molar-refractivity contribution in [2.24, 2.45) is 0 Å². The van der Waals surface area contributed by atoms with Crippen LogP contribution >= 0.6 is 0 Å². The summed E-state index contributed by atoms with van der Waals surface area (Å²) < 4.78 is 26.5. The van der Waals surface area contributed by atoms with E-state index in [0.29, 0.717) is 0 Å². The first-order valence-electron chi connectivity index (χ1n) is 22.8. The lowest BCUT2D eigenvalue weighted by molar-refractivity contribution is 0.464. The second kappa shape index (κ2) is 13.8. The molecule has 0 fully saturated rings. The van der Waals surface area contributed by atoms with Gasteiger partial charge in [0.2, 0.25) is 0 Å². The zero-order valence-electron chi connectivity index (χ0n) is 35.9. The minimum Gasteiger partial charge on any atom is -0.458 e. The zero-order valence-corrected chi connectivity index (χ0v) is 35.9. The molecule has 0 amide bonds. The summed E-state index contributed by atoms with van der Waals surface area (Å²) in [6.07, 6.45) is 0. The molecular formula is C60H36BN3O3. The predicted octanol–water partition coefficient (Wildman–Crippen LogP) is 14.0. The molecule has 7 heteroatoms. The van der Waals surface area contributed by atoms with Crippen molar-refractivity contribution in [2.45, 2.75) is 0 Å². The van der Waals surface area contributed by atoms with Crippen molar-refractivity contribution in [3.63, 3.8) is 0 Å². The Morgan fingerprint density at radius 2 is 0.851 bits per heavy atom. The van der Waals surface area contributed by atoms with E-state index < -0.39 is 0 Å². The molecule has 15 rings (SSSR count). The summed E-state index contributed by atoms with van der Waals surface area (Å²) in [6.45, 7) is -0.282. The number of hydrogen-bond acceptors (Lipinski definition) is 4. The summed E-state index contributed by atoms with van der Waals surface area (Å²) in [6, 6.07) is 77.3. The number of ether oxygens (including phenoxy) is 2. The number of fused-ring (bicyclic) bond motifs is 14. The summed E-state index contributed by atoms with van der Waals surface area (Å²) in [4.78, 5) is 2.27. The van der Waals surface area contributed by atoms with Gasteiger partial charge in [-0.2, -0.15) is 0 Å². The maximum Gasteiger partial charge on any atom is 0.265 e. The van der Waals surface area contributed by atoms with Crippen LogP contribution in [0.15, 0.2) is 223 Å². The Balaban J connectivity index is 1.03. The van der Waals surface area contributed by atoms with Gasteiger partial charge in [-0.3, -0.25) is 0 Å². The first kappa shape index (κ1) is 36.4. The van der Waals surface area contributed by atoms with Crippen LogP contribution in [0.25, 0.3) is 76.9 Å².